The molecule has 6 nitrogen and oxygen atoms in total. The largest absolute Gasteiger partial charge is 0.436 e. The fraction of sp³-hybridized carbons (Fsp3) is 0.412. The van der Waals surface area contributed by atoms with Crippen molar-refractivity contribution < 1.29 is 27.4 Å². The van der Waals surface area contributed by atoms with Crippen molar-refractivity contribution in [3.05, 3.63) is 39.5 Å². The monoisotopic (exact) mass is 439 g/mol. The number of rotatable bonds is 5. The average molecular weight is 440 g/mol. The lowest BCUT2D eigenvalue weighted by atomic mass is 10.2. The number of amides is 2. The van der Waals surface area contributed by atoms with E-state index in [1.165, 1.54) is 6.92 Å². The van der Waals surface area contributed by atoms with E-state index in [1.54, 1.807) is 0 Å². The molecule has 154 valence electrons. The minimum Gasteiger partial charge on any atom is -0.436 e. The number of nitrogens with one attached hydrogen (secondary N) is 3. The highest BCUT2D eigenvalue weighted by Crippen LogP contribution is 2.39. The Bertz CT molecular complexity index is 756. The van der Waals surface area contributed by atoms with E-state index in [4.69, 9.17) is 38.1 Å². The molecule has 1 aromatic rings. The maximum Gasteiger partial charge on any atom is 0.416 e. The normalized spacial score (nSPS) is 17.4. The van der Waals surface area contributed by atoms with Crippen LogP contribution in [0.25, 0.3) is 0 Å². The SMILES string of the molecule is C/C(=C/C(=N)Oc1c(Cl)cc(C(F)(F)F)cc1Cl)NC(=O)NCC1CCCO1. The summed E-state index contributed by atoms with van der Waals surface area (Å²) in [7, 11) is 0. The molecule has 11 heteroatoms. The van der Waals surface area contributed by atoms with Gasteiger partial charge in [0.15, 0.2) is 5.75 Å². The van der Waals surface area contributed by atoms with Gasteiger partial charge in [0.1, 0.15) is 0 Å². The summed E-state index contributed by atoms with van der Waals surface area (Å²) in [6.45, 7) is 2.56. The number of carbonyl (C=O) groups is 1. The van der Waals surface area contributed by atoms with E-state index in [9.17, 15) is 18.0 Å². The first-order valence-electron chi connectivity index (χ1n) is 8.23. The van der Waals surface area contributed by atoms with Crippen molar-refractivity contribution in [1.29, 1.82) is 5.41 Å². The predicted octanol–water partition coefficient (Wildman–Crippen LogP) is 4.75. The molecule has 1 aliphatic heterocycles. The number of allylic oxidation sites excluding steroid dienone is 1. The third-order valence-electron chi connectivity index (χ3n) is 3.71. The molecule has 1 aliphatic rings. The molecule has 0 saturated carbocycles. The summed E-state index contributed by atoms with van der Waals surface area (Å²) in [4.78, 5) is 11.8. The van der Waals surface area contributed by atoms with Gasteiger partial charge in [-0.1, -0.05) is 23.2 Å². The van der Waals surface area contributed by atoms with E-state index in [1.807, 2.05) is 0 Å². The number of hydrogen-bond acceptors (Lipinski definition) is 4. The van der Waals surface area contributed by atoms with Crippen LogP contribution in [-0.4, -0.2) is 31.2 Å². The van der Waals surface area contributed by atoms with Crippen molar-refractivity contribution >= 4 is 35.1 Å². The third kappa shape index (κ3) is 6.57. The Morgan fingerprint density at radius 2 is 2.04 bits per heavy atom. The van der Waals surface area contributed by atoms with Crippen LogP contribution < -0.4 is 15.4 Å². The van der Waals surface area contributed by atoms with Gasteiger partial charge >= 0.3 is 12.2 Å². The van der Waals surface area contributed by atoms with Gasteiger partial charge in [-0.25, -0.2) is 4.79 Å². The van der Waals surface area contributed by atoms with Crippen LogP contribution in [0.15, 0.2) is 23.9 Å². The molecular formula is C17H18Cl2F3N3O3. The summed E-state index contributed by atoms with van der Waals surface area (Å²) >= 11 is 11.6. The Labute approximate surface area is 169 Å². The van der Waals surface area contributed by atoms with Crippen LogP contribution in [-0.2, 0) is 10.9 Å². The van der Waals surface area contributed by atoms with E-state index in [0.29, 0.717) is 25.3 Å². The smallest absolute Gasteiger partial charge is 0.416 e. The van der Waals surface area contributed by atoms with Crippen molar-refractivity contribution in [3.63, 3.8) is 0 Å². The average Bonchev–Trinajstić information content (AvgIpc) is 3.08. The van der Waals surface area contributed by atoms with Gasteiger partial charge in [0, 0.05) is 24.9 Å². The first-order valence-corrected chi connectivity index (χ1v) is 8.99. The van der Waals surface area contributed by atoms with Crippen molar-refractivity contribution in [2.24, 2.45) is 0 Å². The fourth-order valence-electron chi connectivity index (χ4n) is 2.43. The Hall–Kier alpha value is -1.97. The molecule has 2 rings (SSSR count). The maximum atomic E-state index is 12.7. The molecule has 1 fully saturated rings. The lowest BCUT2D eigenvalue weighted by molar-refractivity contribution is -0.137. The molecule has 28 heavy (non-hydrogen) atoms. The Morgan fingerprint density at radius 1 is 1.39 bits per heavy atom. The lowest BCUT2D eigenvalue weighted by Gasteiger charge is -2.13. The molecular weight excluding hydrogens is 422 g/mol. The minimum atomic E-state index is -4.61. The van der Waals surface area contributed by atoms with Gasteiger partial charge in [-0.05, 0) is 31.9 Å². The first kappa shape index (κ1) is 22.3. The number of benzene rings is 1. The van der Waals surface area contributed by atoms with E-state index < -0.39 is 33.7 Å². The Kier molecular flexibility index (Phi) is 7.56. The van der Waals surface area contributed by atoms with Gasteiger partial charge in [0.2, 0.25) is 5.90 Å². The van der Waals surface area contributed by atoms with E-state index in [-0.39, 0.29) is 17.6 Å². The molecule has 1 atom stereocenters. The van der Waals surface area contributed by atoms with Gasteiger partial charge in [-0.3, -0.25) is 5.41 Å². The highest BCUT2D eigenvalue weighted by molar-refractivity contribution is 6.37. The number of urea groups is 1. The minimum absolute atomic E-state index is 0.0133. The second kappa shape index (κ2) is 9.49. The summed E-state index contributed by atoms with van der Waals surface area (Å²) in [5, 5.41) is 12.1. The summed E-state index contributed by atoms with van der Waals surface area (Å²) < 4.78 is 48.7. The molecule has 0 radical (unpaired) electrons. The molecule has 0 spiro atoms. The molecule has 1 aromatic carbocycles. The fourth-order valence-corrected chi connectivity index (χ4v) is 2.99. The summed E-state index contributed by atoms with van der Waals surface area (Å²) in [6.07, 6.45) is -1.63. The predicted molar refractivity (Wildman–Crippen MR) is 99.1 cm³/mol. The zero-order chi connectivity index (χ0) is 20.9. The van der Waals surface area contributed by atoms with E-state index >= 15 is 0 Å². The number of hydrogen-bond donors (Lipinski definition) is 3. The maximum absolute atomic E-state index is 12.7. The Balaban J connectivity index is 1.93. The molecule has 1 unspecified atom stereocenters. The summed E-state index contributed by atoms with van der Waals surface area (Å²) in [5.74, 6) is -0.756. The van der Waals surface area contributed by atoms with Gasteiger partial charge < -0.3 is 20.1 Å². The highest BCUT2D eigenvalue weighted by atomic mass is 35.5. The second-order valence-electron chi connectivity index (χ2n) is 6.03. The molecule has 0 bridgehead atoms. The van der Waals surface area contributed by atoms with Crippen LogP contribution in [0.3, 0.4) is 0 Å². The topological polar surface area (TPSA) is 83.4 Å². The highest BCUT2D eigenvalue weighted by Gasteiger charge is 2.32. The summed E-state index contributed by atoms with van der Waals surface area (Å²) in [6, 6.07) is 0.829. The van der Waals surface area contributed by atoms with Crippen molar-refractivity contribution in [2.45, 2.75) is 32.0 Å². The molecule has 1 heterocycles. The Morgan fingerprint density at radius 3 is 2.57 bits per heavy atom. The van der Waals surface area contributed by atoms with Crippen molar-refractivity contribution in [3.8, 4) is 5.75 Å². The van der Waals surface area contributed by atoms with Crippen molar-refractivity contribution in [1.82, 2.24) is 10.6 Å². The third-order valence-corrected chi connectivity index (χ3v) is 4.27. The molecule has 0 aliphatic carbocycles. The van der Waals surface area contributed by atoms with Crippen LogP contribution in [0, 0.1) is 5.41 Å². The van der Waals surface area contributed by atoms with E-state index in [0.717, 1.165) is 18.9 Å². The molecule has 1 saturated heterocycles. The molecule has 3 N–H and O–H groups in total. The van der Waals surface area contributed by atoms with Crippen LogP contribution in [0.4, 0.5) is 18.0 Å². The number of halogens is 5. The van der Waals surface area contributed by atoms with Crippen LogP contribution in [0.2, 0.25) is 10.0 Å². The van der Waals surface area contributed by atoms with Crippen LogP contribution in [0.5, 0.6) is 5.75 Å². The first-order chi connectivity index (χ1) is 13.1. The number of alkyl halides is 3. The second-order valence-corrected chi connectivity index (χ2v) is 6.84. The summed E-state index contributed by atoms with van der Waals surface area (Å²) in [5.41, 5.74) is -0.758. The van der Waals surface area contributed by atoms with Gasteiger partial charge in [0.25, 0.3) is 0 Å². The standard InChI is InChI=1S/C17H18Cl2F3N3O3/c1-9(25-16(26)24-8-11-3-2-4-27-11)5-14(23)28-15-12(18)6-10(7-13(15)19)17(20,21)22/h5-7,11,23H,2-4,8H2,1H3,(H2,24,25,26)/b9-5-,23-14?. The van der Waals surface area contributed by atoms with E-state index in [2.05, 4.69) is 10.6 Å². The van der Waals surface area contributed by atoms with Gasteiger partial charge in [-0.15, -0.1) is 0 Å². The zero-order valence-corrected chi connectivity index (χ0v) is 16.3. The quantitative estimate of drug-likeness (QED) is 0.457. The van der Waals surface area contributed by atoms with Crippen LogP contribution >= 0.6 is 23.2 Å². The number of ether oxygens (including phenoxy) is 2. The van der Waals surface area contributed by atoms with Crippen molar-refractivity contribution in [2.75, 3.05) is 13.2 Å². The van der Waals surface area contributed by atoms with Crippen LogP contribution in [0.1, 0.15) is 25.3 Å². The molecule has 2 amide bonds. The molecule has 0 aromatic heterocycles. The lowest BCUT2D eigenvalue weighted by Crippen LogP contribution is -2.39. The van der Waals surface area contributed by atoms with Gasteiger partial charge in [0.05, 0.1) is 21.7 Å². The van der Waals surface area contributed by atoms with Gasteiger partial charge in [-0.2, -0.15) is 13.2 Å². The number of carbonyl (C=O) groups excluding carboxylic acids is 1. The zero-order valence-electron chi connectivity index (χ0n) is 14.8.